The van der Waals surface area contributed by atoms with Gasteiger partial charge in [-0.25, -0.2) is 4.79 Å². The topological polar surface area (TPSA) is 48.0 Å². The number of ether oxygens (including phenoxy) is 2. The largest absolute Gasteiger partial charge is 0.546 e. The highest BCUT2D eigenvalue weighted by atomic mass is 35.5. The normalized spacial score (nSPS) is 18.3. The van der Waals surface area contributed by atoms with Crippen molar-refractivity contribution in [3.8, 4) is 5.75 Å². The van der Waals surface area contributed by atoms with Gasteiger partial charge in [0.05, 0.1) is 25.5 Å². The Morgan fingerprint density at radius 1 is 1.00 bits per heavy atom. The number of anilines is 1. The highest BCUT2D eigenvalue weighted by Gasteiger charge is 2.49. The molecule has 0 radical (unpaired) electrons. The van der Waals surface area contributed by atoms with Crippen LogP contribution < -0.4 is 9.64 Å². The Morgan fingerprint density at radius 3 is 2.11 bits per heavy atom. The van der Waals surface area contributed by atoms with Crippen molar-refractivity contribution in [1.29, 1.82) is 0 Å². The van der Waals surface area contributed by atoms with Crippen LogP contribution in [-0.4, -0.2) is 34.0 Å². The number of carbonyl (C=O) groups is 1. The maximum absolute atomic E-state index is 13.5. The van der Waals surface area contributed by atoms with Crippen LogP contribution in [-0.2, 0) is 14.0 Å². The van der Waals surface area contributed by atoms with Gasteiger partial charge in [0.1, 0.15) is 11.8 Å². The predicted molar refractivity (Wildman–Crippen MR) is 155 cm³/mol. The van der Waals surface area contributed by atoms with Crippen LogP contribution in [0.1, 0.15) is 66.5 Å². The second kappa shape index (κ2) is 12.4. The van der Waals surface area contributed by atoms with Crippen LogP contribution in [0.25, 0.3) is 0 Å². The third-order valence-corrected chi connectivity index (χ3v) is 13.9. The van der Waals surface area contributed by atoms with Crippen LogP contribution in [0.15, 0.2) is 60.4 Å². The van der Waals surface area contributed by atoms with E-state index in [0.717, 1.165) is 22.8 Å². The molecular formula is C30H42ClNO4Si. The molecule has 5 nitrogen and oxygen atoms in total. The molecular weight excluding hydrogens is 502 g/mol. The van der Waals surface area contributed by atoms with E-state index in [9.17, 15) is 4.79 Å². The monoisotopic (exact) mass is 543 g/mol. The first kappa shape index (κ1) is 29.1. The van der Waals surface area contributed by atoms with Crippen LogP contribution in [0.4, 0.5) is 5.69 Å². The molecule has 7 heteroatoms. The molecule has 0 amide bonds. The molecule has 0 spiro atoms. The van der Waals surface area contributed by atoms with E-state index in [0.29, 0.717) is 34.7 Å². The molecule has 0 bridgehead atoms. The molecule has 37 heavy (non-hydrogen) atoms. The number of nitrogens with zero attached hydrogens (tertiary/aromatic N) is 1. The summed E-state index contributed by atoms with van der Waals surface area (Å²) < 4.78 is 18.1. The lowest BCUT2D eigenvalue weighted by atomic mass is 9.94. The van der Waals surface area contributed by atoms with Crippen LogP contribution >= 0.6 is 11.6 Å². The molecule has 0 aromatic heterocycles. The van der Waals surface area contributed by atoms with Gasteiger partial charge >= 0.3 is 5.97 Å². The number of carbonyl (C=O) groups excluding carboxylic acids is 1. The lowest BCUT2D eigenvalue weighted by Crippen LogP contribution is -2.51. The van der Waals surface area contributed by atoms with Crippen molar-refractivity contribution in [2.24, 2.45) is 0 Å². The summed E-state index contributed by atoms with van der Waals surface area (Å²) in [5.74, 6) is 1.34. The van der Waals surface area contributed by atoms with Crippen molar-refractivity contribution in [3.05, 3.63) is 71.0 Å². The van der Waals surface area contributed by atoms with E-state index in [4.69, 9.17) is 25.5 Å². The Bertz CT molecular complexity index is 1060. The van der Waals surface area contributed by atoms with E-state index in [-0.39, 0.29) is 12.0 Å². The number of methoxy groups -OCH3 is 1. The van der Waals surface area contributed by atoms with E-state index in [2.05, 4.69) is 52.5 Å². The SMILES string of the molecule is CCOC(=O)[C@@H]1CC(O[Si](C(C)C)(C(C)C)C(C)C)=C[C@@H](c2ccccc2Cl)N1c1ccc(OC)cc1. The number of esters is 1. The Labute approximate surface area is 228 Å². The van der Waals surface area contributed by atoms with Gasteiger partial charge in [0.25, 0.3) is 8.32 Å². The van der Waals surface area contributed by atoms with Gasteiger partial charge in [0.2, 0.25) is 0 Å². The minimum atomic E-state index is -2.24. The zero-order chi connectivity index (χ0) is 27.3. The molecule has 0 saturated carbocycles. The molecule has 1 aliphatic heterocycles. The van der Waals surface area contributed by atoms with E-state index in [1.54, 1.807) is 7.11 Å². The van der Waals surface area contributed by atoms with Crippen LogP contribution in [0.5, 0.6) is 5.75 Å². The average Bonchev–Trinajstić information content (AvgIpc) is 2.86. The molecule has 0 fully saturated rings. The van der Waals surface area contributed by atoms with Crippen molar-refractivity contribution in [2.75, 3.05) is 18.6 Å². The summed E-state index contributed by atoms with van der Waals surface area (Å²) in [6.45, 7) is 15.8. The number of hydrogen-bond acceptors (Lipinski definition) is 5. The maximum Gasteiger partial charge on any atom is 0.329 e. The highest BCUT2D eigenvalue weighted by molar-refractivity contribution is 6.77. The van der Waals surface area contributed by atoms with E-state index >= 15 is 0 Å². The second-order valence-electron chi connectivity index (χ2n) is 10.6. The zero-order valence-corrected chi connectivity index (χ0v) is 25.2. The second-order valence-corrected chi connectivity index (χ2v) is 16.4. The fourth-order valence-electron chi connectivity index (χ4n) is 5.95. The number of benzene rings is 2. The predicted octanol–water partition coefficient (Wildman–Crippen LogP) is 8.31. The molecule has 1 heterocycles. The summed E-state index contributed by atoms with van der Waals surface area (Å²) in [4.78, 5) is 15.6. The average molecular weight is 544 g/mol. The van der Waals surface area contributed by atoms with Gasteiger partial charge in [0, 0.05) is 17.1 Å². The van der Waals surface area contributed by atoms with Gasteiger partial charge in [-0.1, -0.05) is 71.3 Å². The molecule has 0 aliphatic carbocycles. The van der Waals surface area contributed by atoms with E-state index < -0.39 is 14.4 Å². The molecule has 0 N–H and O–H groups in total. The first-order chi connectivity index (χ1) is 17.6. The lowest BCUT2D eigenvalue weighted by Gasteiger charge is -2.47. The minimum absolute atomic E-state index is 0.268. The van der Waals surface area contributed by atoms with Gasteiger partial charge in [-0.2, -0.15) is 0 Å². The molecule has 0 saturated heterocycles. The van der Waals surface area contributed by atoms with Crippen molar-refractivity contribution >= 4 is 31.6 Å². The van der Waals surface area contributed by atoms with E-state index in [1.165, 1.54) is 0 Å². The molecule has 3 rings (SSSR count). The zero-order valence-electron chi connectivity index (χ0n) is 23.5. The van der Waals surface area contributed by atoms with Gasteiger partial charge in [-0.05, 0) is 65.5 Å². The summed E-state index contributed by atoms with van der Waals surface area (Å²) in [5.41, 5.74) is 3.04. The first-order valence-electron chi connectivity index (χ1n) is 13.3. The smallest absolute Gasteiger partial charge is 0.329 e. The standard InChI is InChI=1S/C30H42ClNO4Si/c1-9-35-30(33)29-19-25(36-37(20(2)3,21(4)5)22(6)7)18-28(26-12-10-11-13-27(26)31)32(29)23-14-16-24(34-8)17-15-23/h10-18,20-22,28-29H,9,19H2,1-8H3/t28-,29-/m0/s1. The van der Waals surface area contributed by atoms with Crippen LogP contribution in [0.2, 0.25) is 21.6 Å². The quantitative estimate of drug-likeness (QED) is 0.223. The summed E-state index contributed by atoms with van der Waals surface area (Å²) in [6.07, 6.45) is 2.60. The fourth-order valence-corrected chi connectivity index (χ4v) is 11.5. The molecule has 2 atom stereocenters. The Kier molecular flexibility index (Phi) is 9.76. The number of rotatable bonds is 10. The van der Waals surface area contributed by atoms with E-state index in [1.807, 2.05) is 55.5 Å². The highest BCUT2D eigenvalue weighted by Crippen LogP contribution is 2.47. The van der Waals surface area contributed by atoms with Gasteiger partial charge in [-0.15, -0.1) is 0 Å². The maximum atomic E-state index is 13.5. The van der Waals surface area contributed by atoms with Gasteiger partial charge in [-0.3, -0.25) is 0 Å². The van der Waals surface area contributed by atoms with Crippen molar-refractivity contribution in [2.45, 2.75) is 83.6 Å². The molecule has 202 valence electrons. The summed E-state index contributed by atoms with van der Waals surface area (Å²) >= 11 is 6.75. The van der Waals surface area contributed by atoms with Gasteiger partial charge in [0.15, 0.2) is 0 Å². The third-order valence-electron chi connectivity index (χ3n) is 7.54. The van der Waals surface area contributed by atoms with Gasteiger partial charge < -0.3 is 18.8 Å². The lowest BCUT2D eigenvalue weighted by molar-refractivity contribution is -0.145. The Hall–Kier alpha value is -2.44. The summed E-state index contributed by atoms with van der Waals surface area (Å²) in [7, 11) is -0.601. The summed E-state index contributed by atoms with van der Waals surface area (Å²) in [6, 6.07) is 14.7. The Morgan fingerprint density at radius 2 is 1.59 bits per heavy atom. The molecule has 1 aliphatic rings. The first-order valence-corrected chi connectivity index (χ1v) is 15.8. The Balaban J connectivity index is 2.22. The molecule has 2 aromatic carbocycles. The number of hydrogen-bond donors (Lipinski definition) is 0. The molecule has 0 unspecified atom stereocenters. The fraction of sp³-hybridized carbons (Fsp3) is 0.500. The van der Waals surface area contributed by atoms with Crippen molar-refractivity contribution in [3.63, 3.8) is 0 Å². The van der Waals surface area contributed by atoms with Crippen LogP contribution in [0.3, 0.4) is 0 Å². The number of halogens is 1. The van der Waals surface area contributed by atoms with Crippen molar-refractivity contribution < 1.29 is 18.7 Å². The minimum Gasteiger partial charge on any atom is -0.546 e. The third kappa shape index (κ3) is 6.01. The molecule has 2 aromatic rings. The van der Waals surface area contributed by atoms with Crippen molar-refractivity contribution in [1.82, 2.24) is 0 Å². The van der Waals surface area contributed by atoms with Crippen LogP contribution in [0, 0.1) is 0 Å². The summed E-state index contributed by atoms with van der Waals surface area (Å²) in [5, 5.41) is 0.645.